The van der Waals surface area contributed by atoms with Crippen LogP contribution in [0.4, 0.5) is 5.69 Å². The van der Waals surface area contributed by atoms with E-state index in [-0.39, 0.29) is 5.96 Å². The van der Waals surface area contributed by atoms with E-state index in [0.717, 1.165) is 11.8 Å². The van der Waals surface area contributed by atoms with Gasteiger partial charge in [-0.05, 0) is 17.7 Å². The number of anilines is 1. The number of nitrogens with two attached hydrogens (primary N) is 1. The summed E-state index contributed by atoms with van der Waals surface area (Å²) in [6.07, 6.45) is 1.09. The normalized spacial score (nSPS) is 9.85. The Morgan fingerprint density at radius 3 is 2.55 bits per heavy atom. The molecular weight excluding hydrogens is 290 g/mol. The van der Waals surface area contributed by atoms with Crippen LogP contribution in [0, 0.1) is 15.5 Å². The molecule has 1 rings (SSSR count). The SMILES string of the molecule is CS(=O)(=O)Nc1cccc(CNC(=N)N)c1.O=[N+]([O-])O. The van der Waals surface area contributed by atoms with Gasteiger partial charge in [-0.25, -0.2) is 8.42 Å². The van der Waals surface area contributed by atoms with Gasteiger partial charge in [0.05, 0.1) is 6.26 Å². The van der Waals surface area contributed by atoms with E-state index in [1.165, 1.54) is 0 Å². The van der Waals surface area contributed by atoms with Crippen LogP contribution in [0.2, 0.25) is 0 Å². The van der Waals surface area contributed by atoms with E-state index >= 15 is 0 Å². The molecule has 0 bridgehead atoms. The van der Waals surface area contributed by atoms with Crippen LogP contribution < -0.4 is 15.8 Å². The lowest BCUT2D eigenvalue weighted by Gasteiger charge is -2.07. The highest BCUT2D eigenvalue weighted by molar-refractivity contribution is 7.92. The smallest absolute Gasteiger partial charge is 0.291 e. The number of nitrogens with zero attached hydrogens (tertiary/aromatic N) is 1. The first-order valence-electron chi connectivity index (χ1n) is 5.08. The average Bonchev–Trinajstić information content (AvgIpc) is 2.23. The Labute approximate surface area is 115 Å². The molecule has 0 heterocycles. The van der Waals surface area contributed by atoms with E-state index in [2.05, 4.69) is 10.0 Å². The molecule has 0 atom stereocenters. The average molecular weight is 305 g/mol. The molecule has 0 saturated heterocycles. The summed E-state index contributed by atoms with van der Waals surface area (Å²) in [4.78, 5) is 8.36. The van der Waals surface area contributed by atoms with Gasteiger partial charge in [0, 0.05) is 12.2 Å². The van der Waals surface area contributed by atoms with Crippen LogP contribution in [0.25, 0.3) is 0 Å². The van der Waals surface area contributed by atoms with Crippen molar-refractivity contribution in [2.45, 2.75) is 6.54 Å². The van der Waals surface area contributed by atoms with Crippen molar-refractivity contribution < 1.29 is 18.7 Å². The first kappa shape index (κ1) is 17.4. The van der Waals surface area contributed by atoms with Crippen molar-refractivity contribution in [3.63, 3.8) is 0 Å². The minimum absolute atomic E-state index is 0.124. The molecule has 0 unspecified atom stereocenters. The van der Waals surface area contributed by atoms with Crippen molar-refractivity contribution in [1.82, 2.24) is 5.32 Å². The van der Waals surface area contributed by atoms with Crippen molar-refractivity contribution in [1.29, 1.82) is 5.41 Å². The topological polar surface area (TPSA) is 171 Å². The van der Waals surface area contributed by atoms with Gasteiger partial charge in [-0.15, -0.1) is 10.1 Å². The van der Waals surface area contributed by atoms with Crippen LogP contribution in [0.1, 0.15) is 5.56 Å². The molecule has 1 aromatic rings. The van der Waals surface area contributed by atoms with Crippen LogP contribution >= 0.6 is 0 Å². The molecule has 20 heavy (non-hydrogen) atoms. The number of hydrogen-bond acceptors (Lipinski definition) is 5. The van der Waals surface area contributed by atoms with Crippen LogP contribution in [0.15, 0.2) is 24.3 Å². The quantitative estimate of drug-likeness (QED) is 0.220. The van der Waals surface area contributed by atoms with E-state index in [9.17, 15) is 8.42 Å². The Morgan fingerprint density at radius 1 is 1.55 bits per heavy atom. The maximum absolute atomic E-state index is 11.0. The molecule has 0 saturated carbocycles. The standard InChI is InChI=1S/C9H14N4O2S.HNO3/c1-16(14,15)13-8-4-2-3-7(5-8)6-12-9(10)11;2-1(3)4/h2-5,13H,6H2,1H3,(H4,10,11,12);(H,2,3,4). The summed E-state index contributed by atoms with van der Waals surface area (Å²) < 4.78 is 24.4. The fourth-order valence-corrected chi connectivity index (χ4v) is 1.71. The van der Waals surface area contributed by atoms with Crippen LogP contribution in [0.5, 0.6) is 0 Å². The zero-order valence-electron chi connectivity index (χ0n) is 10.5. The van der Waals surface area contributed by atoms with Gasteiger partial charge < -0.3 is 16.3 Å². The fourth-order valence-electron chi connectivity index (χ4n) is 1.16. The van der Waals surface area contributed by atoms with Crippen molar-refractivity contribution in [3.8, 4) is 0 Å². The summed E-state index contributed by atoms with van der Waals surface area (Å²) in [6, 6.07) is 6.86. The lowest BCUT2D eigenvalue weighted by Crippen LogP contribution is -2.29. The molecule has 0 radical (unpaired) electrons. The maximum Gasteiger partial charge on any atom is 0.291 e. The summed E-state index contributed by atoms with van der Waals surface area (Å²) in [5.41, 5.74) is 6.47. The summed E-state index contributed by atoms with van der Waals surface area (Å²) in [7, 11) is -3.26. The molecule has 6 N–H and O–H groups in total. The van der Waals surface area contributed by atoms with Gasteiger partial charge >= 0.3 is 0 Å². The molecule has 0 fully saturated rings. The van der Waals surface area contributed by atoms with Crippen molar-refractivity contribution in [2.24, 2.45) is 5.73 Å². The molecule has 11 heteroatoms. The molecule has 0 aliphatic heterocycles. The van der Waals surface area contributed by atoms with Gasteiger partial charge in [0.15, 0.2) is 5.96 Å². The number of sulfonamides is 1. The monoisotopic (exact) mass is 305 g/mol. The third-order valence-electron chi connectivity index (χ3n) is 1.71. The molecule has 0 aliphatic rings. The van der Waals surface area contributed by atoms with Gasteiger partial charge in [0.25, 0.3) is 5.09 Å². The van der Waals surface area contributed by atoms with Gasteiger partial charge in [0.1, 0.15) is 0 Å². The minimum atomic E-state index is -3.26. The number of nitrogens with one attached hydrogen (secondary N) is 3. The summed E-state index contributed by atoms with van der Waals surface area (Å²) in [6.45, 7) is 0.384. The number of hydrogen-bond donors (Lipinski definition) is 5. The van der Waals surface area contributed by atoms with E-state index in [0.29, 0.717) is 12.2 Å². The third-order valence-corrected chi connectivity index (χ3v) is 2.32. The van der Waals surface area contributed by atoms with Gasteiger partial charge in [-0.3, -0.25) is 10.1 Å². The molecule has 0 spiro atoms. The first-order chi connectivity index (χ1) is 9.10. The predicted molar refractivity (Wildman–Crippen MR) is 72.4 cm³/mol. The molecule has 10 nitrogen and oxygen atoms in total. The Balaban J connectivity index is 0.000000796. The second kappa shape index (κ2) is 7.78. The zero-order valence-corrected chi connectivity index (χ0v) is 11.3. The number of benzene rings is 1. The van der Waals surface area contributed by atoms with Gasteiger partial charge in [-0.1, -0.05) is 12.1 Å². The lowest BCUT2D eigenvalue weighted by atomic mass is 10.2. The lowest BCUT2D eigenvalue weighted by molar-refractivity contribution is -0.742. The molecule has 0 aliphatic carbocycles. The molecule has 112 valence electrons. The van der Waals surface area contributed by atoms with Crippen molar-refractivity contribution >= 4 is 21.7 Å². The Bertz CT molecular complexity index is 570. The van der Waals surface area contributed by atoms with E-state index in [1.807, 2.05) is 6.07 Å². The molecular formula is C9H15N5O5S. The minimum Gasteiger partial charge on any atom is -0.370 e. The van der Waals surface area contributed by atoms with E-state index < -0.39 is 15.1 Å². The highest BCUT2D eigenvalue weighted by Crippen LogP contribution is 2.11. The maximum atomic E-state index is 11.0. The van der Waals surface area contributed by atoms with Crippen molar-refractivity contribution in [3.05, 3.63) is 39.9 Å². The van der Waals surface area contributed by atoms with Gasteiger partial charge in [0.2, 0.25) is 10.0 Å². The Kier molecular flexibility index (Phi) is 6.79. The molecule has 0 amide bonds. The van der Waals surface area contributed by atoms with Crippen molar-refractivity contribution in [2.75, 3.05) is 11.0 Å². The van der Waals surface area contributed by atoms with Crippen LogP contribution in [-0.2, 0) is 16.6 Å². The summed E-state index contributed by atoms with van der Waals surface area (Å²) in [5, 5.41) is 23.3. The predicted octanol–water partition coefficient (Wildman–Crippen LogP) is -0.307. The number of guanidine groups is 1. The Morgan fingerprint density at radius 2 is 2.10 bits per heavy atom. The van der Waals surface area contributed by atoms with Gasteiger partial charge in [-0.2, -0.15) is 0 Å². The van der Waals surface area contributed by atoms with E-state index in [4.69, 9.17) is 26.5 Å². The second-order valence-corrected chi connectivity index (χ2v) is 5.33. The first-order valence-corrected chi connectivity index (χ1v) is 6.97. The molecule has 0 aromatic heterocycles. The Hall–Kier alpha value is -2.56. The highest BCUT2D eigenvalue weighted by Gasteiger charge is 2.02. The second-order valence-electron chi connectivity index (χ2n) is 3.58. The third kappa shape index (κ3) is 10.6. The van der Waals surface area contributed by atoms with Crippen LogP contribution in [-0.4, -0.2) is 30.9 Å². The highest BCUT2D eigenvalue weighted by atomic mass is 32.2. The summed E-state index contributed by atoms with van der Waals surface area (Å²) >= 11 is 0. The fraction of sp³-hybridized carbons (Fsp3) is 0.222. The number of rotatable bonds is 4. The zero-order chi connectivity index (χ0) is 15.8. The summed E-state index contributed by atoms with van der Waals surface area (Å²) in [5.74, 6) is -0.124. The van der Waals surface area contributed by atoms with E-state index in [1.54, 1.807) is 18.2 Å². The van der Waals surface area contributed by atoms with Crippen LogP contribution in [0.3, 0.4) is 0 Å². The molecule has 1 aromatic carbocycles. The largest absolute Gasteiger partial charge is 0.370 e.